The van der Waals surface area contributed by atoms with E-state index < -0.39 is 0 Å². The molecule has 35 heavy (non-hydrogen) atoms. The number of hydrogen-bond acceptors (Lipinski definition) is 7. The van der Waals surface area contributed by atoms with Crippen molar-refractivity contribution in [3.8, 4) is 0 Å². The highest BCUT2D eigenvalue weighted by Gasteiger charge is 2.28. The van der Waals surface area contributed by atoms with Crippen molar-refractivity contribution in [2.24, 2.45) is 0 Å². The summed E-state index contributed by atoms with van der Waals surface area (Å²) in [4.78, 5) is 26.9. The van der Waals surface area contributed by atoms with Crippen molar-refractivity contribution >= 4 is 40.0 Å². The van der Waals surface area contributed by atoms with Gasteiger partial charge in [-0.1, -0.05) is 42.1 Å². The number of aromatic nitrogens is 3. The lowest BCUT2D eigenvalue weighted by atomic mass is 9.95. The van der Waals surface area contributed by atoms with Gasteiger partial charge < -0.3 is 14.6 Å². The van der Waals surface area contributed by atoms with Gasteiger partial charge in [-0.25, -0.2) is 4.79 Å². The zero-order valence-electron chi connectivity index (χ0n) is 20.5. The molecular formula is C26H32N4O3S2. The van der Waals surface area contributed by atoms with E-state index in [1.807, 2.05) is 32.0 Å². The van der Waals surface area contributed by atoms with E-state index in [1.165, 1.54) is 33.5 Å². The third kappa shape index (κ3) is 6.32. The highest BCUT2D eigenvalue weighted by atomic mass is 32.2. The Morgan fingerprint density at radius 1 is 1.14 bits per heavy atom. The number of anilines is 1. The Labute approximate surface area is 214 Å². The second-order valence-electron chi connectivity index (χ2n) is 8.83. The van der Waals surface area contributed by atoms with E-state index in [9.17, 15) is 9.59 Å². The van der Waals surface area contributed by atoms with E-state index in [2.05, 4.69) is 39.1 Å². The van der Waals surface area contributed by atoms with Gasteiger partial charge in [-0.2, -0.15) is 0 Å². The molecule has 0 fully saturated rings. The van der Waals surface area contributed by atoms with Crippen molar-refractivity contribution in [3.05, 3.63) is 57.7 Å². The zero-order chi connectivity index (χ0) is 24.8. The normalized spacial score (nSPS) is 13.0. The number of carbonyl (C=O) groups excluding carboxylic acids is 2. The molecule has 1 N–H and O–H groups in total. The molecular weight excluding hydrogens is 480 g/mol. The van der Waals surface area contributed by atoms with Crippen LogP contribution in [0.15, 0.2) is 35.5 Å². The molecule has 2 aromatic heterocycles. The highest BCUT2D eigenvalue weighted by molar-refractivity contribution is 7.99. The van der Waals surface area contributed by atoms with Gasteiger partial charge in [0.05, 0.1) is 17.4 Å². The number of ether oxygens (including phenoxy) is 1. The van der Waals surface area contributed by atoms with Crippen molar-refractivity contribution in [1.82, 2.24) is 14.8 Å². The minimum atomic E-state index is -0.351. The quantitative estimate of drug-likeness (QED) is 0.292. The summed E-state index contributed by atoms with van der Waals surface area (Å²) in [6, 6.07) is 10.3. The smallest absolute Gasteiger partial charge is 0.341 e. The average Bonchev–Trinajstić information content (AvgIpc) is 3.41. The van der Waals surface area contributed by atoms with E-state index in [0.717, 1.165) is 61.6 Å². The first kappa shape index (κ1) is 25.4. The summed E-state index contributed by atoms with van der Waals surface area (Å²) in [7, 11) is 0. The minimum Gasteiger partial charge on any atom is -0.459 e. The van der Waals surface area contributed by atoms with Gasteiger partial charge in [-0.15, -0.1) is 21.5 Å². The number of aryl methyl sites for hydroxylation is 3. The number of fused-ring (bicyclic) bond motifs is 1. The fourth-order valence-electron chi connectivity index (χ4n) is 4.26. The topological polar surface area (TPSA) is 86.1 Å². The molecule has 1 amide bonds. The van der Waals surface area contributed by atoms with Crippen molar-refractivity contribution in [3.63, 3.8) is 0 Å². The Hall–Kier alpha value is -2.65. The van der Waals surface area contributed by atoms with Crippen LogP contribution < -0.4 is 5.32 Å². The lowest BCUT2D eigenvalue weighted by Gasteiger charge is -2.14. The van der Waals surface area contributed by atoms with Crippen LogP contribution in [-0.4, -0.2) is 38.5 Å². The number of thiophene rings is 1. The molecule has 186 valence electrons. The third-order valence-electron chi connectivity index (χ3n) is 5.89. The van der Waals surface area contributed by atoms with Gasteiger partial charge in [0.2, 0.25) is 5.91 Å². The predicted octanol–water partition coefficient (Wildman–Crippen LogP) is 5.32. The SMILES string of the molecule is CCn1c(CCc2ccccc2)nnc1SCC(=O)Nc1sc2c(c1C(=O)OC(C)C)CCCC2. The molecule has 1 aliphatic rings. The van der Waals surface area contributed by atoms with Gasteiger partial charge in [0.25, 0.3) is 0 Å². The number of carbonyl (C=O) groups is 2. The number of esters is 1. The van der Waals surface area contributed by atoms with Crippen LogP contribution in [0.3, 0.4) is 0 Å². The molecule has 1 aromatic carbocycles. The Morgan fingerprint density at radius 3 is 2.66 bits per heavy atom. The van der Waals surface area contributed by atoms with Gasteiger partial charge >= 0.3 is 5.97 Å². The number of nitrogens with one attached hydrogen (secondary N) is 1. The summed E-state index contributed by atoms with van der Waals surface area (Å²) >= 11 is 2.88. The predicted molar refractivity (Wildman–Crippen MR) is 140 cm³/mol. The molecule has 7 nitrogen and oxygen atoms in total. The first-order valence-corrected chi connectivity index (χ1v) is 14.0. The fraction of sp³-hybridized carbons (Fsp3) is 0.462. The first-order chi connectivity index (χ1) is 17.0. The van der Waals surface area contributed by atoms with Gasteiger partial charge in [-0.3, -0.25) is 4.79 Å². The van der Waals surface area contributed by atoms with Crippen LogP contribution in [0.1, 0.15) is 65.8 Å². The van der Waals surface area contributed by atoms with E-state index in [-0.39, 0.29) is 23.7 Å². The molecule has 0 saturated heterocycles. The number of nitrogens with zero attached hydrogens (tertiary/aromatic N) is 3. The van der Waals surface area contributed by atoms with Crippen LogP contribution in [0.5, 0.6) is 0 Å². The summed E-state index contributed by atoms with van der Waals surface area (Å²) in [6.07, 6.45) is 5.42. The number of benzene rings is 1. The summed E-state index contributed by atoms with van der Waals surface area (Å²) in [5, 5.41) is 13.0. The van der Waals surface area contributed by atoms with E-state index >= 15 is 0 Å². The molecule has 1 aliphatic carbocycles. The Kier molecular flexibility index (Phi) is 8.62. The highest BCUT2D eigenvalue weighted by Crippen LogP contribution is 2.39. The standard InChI is InChI=1S/C26H32N4O3S2/c1-4-30-21(15-14-18-10-6-5-7-11-18)28-29-26(30)34-16-22(31)27-24-23(25(32)33-17(2)3)19-12-8-9-13-20(19)35-24/h5-7,10-11,17H,4,8-9,12-16H2,1-3H3,(H,27,31). The molecule has 0 saturated carbocycles. The Bertz CT molecular complexity index is 1170. The lowest BCUT2D eigenvalue weighted by molar-refractivity contribution is -0.113. The number of rotatable bonds is 10. The van der Waals surface area contributed by atoms with Crippen molar-refractivity contribution in [2.75, 3.05) is 11.1 Å². The van der Waals surface area contributed by atoms with Crippen molar-refractivity contribution in [2.45, 2.75) is 77.1 Å². The number of hydrogen-bond donors (Lipinski definition) is 1. The number of amides is 1. The van der Waals surface area contributed by atoms with Crippen LogP contribution in [0.4, 0.5) is 5.00 Å². The third-order valence-corrected chi connectivity index (χ3v) is 8.07. The molecule has 4 rings (SSSR count). The second kappa shape index (κ2) is 11.9. The Morgan fingerprint density at radius 2 is 1.91 bits per heavy atom. The van der Waals surface area contributed by atoms with Crippen LogP contribution in [-0.2, 0) is 41.8 Å². The molecule has 0 unspecified atom stereocenters. The van der Waals surface area contributed by atoms with E-state index in [0.29, 0.717) is 10.6 Å². The molecule has 0 bridgehead atoms. The summed E-state index contributed by atoms with van der Waals surface area (Å²) in [5.41, 5.74) is 2.84. The maximum absolute atomic E-state index is 12.9. The largest absolute Gasteiger partial charge is 0.459 e. The maximum atomic E-state index is 12.9. The van der Waals surface area contributed by atoms with Crippen LogP contribution in [0.25, 0.3) is 0 Å². The molecule has 0 spiro atoms. The minimum absolute atomic E-state index is 0.163. The summed E-state index contributed by atoms with van der Waals surface area (Å²) < 4.78 is 7.56. The molecule has 2 heterocycles. The molecule has 0 atom stereocenters. The van der Waals surface area contributed by atoms with Crippen LogP contribution in [0, 0.1) is 0 Å². The summed E-state index contributed by atoms with van der Waals surface area (Å²) in [6.45, 7) is 6.47. The summed E-state index contributed by atoms with van der Waals surface area (Å²) in [5.74, 6) is 0.599. The molecule has 3 aromatic rings. The van der Waals surface area contributed by atoms with Crippen LogP contribution >= 0.6 is 23.1 Å². The molecule has 9 heteroatoms. The zero-order valence-corrected chi connectivity index (χ0v) is 22.1. The van der Waals surface area contributed by atoms with Gasteiger partial charge in [0.1, 0.15) is 10.8 Å². The maximum Gasteiger partial charge on any atom is 0.341 e. The molecule has 0 radical (unpaired) electrons. The Balaban J connectivity index is 1.41. The van der Waals surface area contributed by atoms with Crippen molar-refractivity contribution in [1.29, 1.82) is 0 Å². The van der Waals surface area contributed by atoms with Gasteiger partial charge in [0, 0.05) is 17.8 Å². The van der Waals surface area contributed by atoms with Crippen molar-refractivity contribution < 1.29 is 14.3 Å². The lowest BCUT2D eigenvalue weighted by Crippen LogP contribution is -2.19. The molecule has 0 aliphatic heterocycles. The first-order valence-electron chi connectivity index (χ1n) is 12.2. The van der Waals surface area contributed by atoms with Gasteiger partial charge in [0.15, 0.2) is 5.16 Å². The van der Waals surface area contributed by atoms with E-state index in [1.54, 1.807) is 0 Å². The second-order valence-corrected chi connectivity index (χ2v) is 10.9. The van der Waals surface area contributed by atoms with Gasteiger partial charge in [-0.05, 0) is 64.0 Å². The average molecular weight is 513 g/mol. The van der Waals surface area contributed by atoms with E-state index in [4.69, 9.17) is 4.74 Å². The monoisotopic (exact) mass is 512 g/mol. The number of thioether (sulfide) groups is 1. The fourth-order valence-corrected chi connectivity index (χ4v) is 6.38. The van der Waals surface area contributed by atoms with Crippen LogP contribution in [0.2, 0.25) is 0 Å².